The molecule has 1 rings (SSSR count). The van der Waals surface area contributed by atoms with Crippen molar-refractivity contribution in [2.45, 2.75) is 49.7 Å². The molecule has 0 bridgehead atoms. The Morgan fingerprint density at radius 3 is 1.26 bits per heavy atom. The highest BCUT2D eigenvalue weighted by atomic mass is 16.6. The van der Waals surface area contributed by atoms with Crippen LogP contribution >= 0.6 is 0 Å². The molecule has 0 saturated carbocycles. The van der Waals surface area contributed by atoms with Gasteiger partial charge in [-0.2, -0.15) is 0 Å². The number of aliphatic hydroxyl groups excluding tert-OH is 5. The van der Waals surface area contributed by atoms with E-state index >= 15 is 0 Å². The van der Waals surface area contributed by atoms with Gasteiger partial charge in [0.2, 0.25) is 41.4 Å². The lowest BCUT2D eigenvalue weighted by atomic mass is 10.0. The van der Waals surface area contributed by atoms with Crippen molar-refractivity contribution in [1.82, 2.24) is 42.1 Å². The molecule has 1 aliphatic rings. The second-order valence-corrected chi connectivity index (χ2v) is 15.8. The van der Waals surface area contributed by atoms with Crippen molar-refractivity contribution in [3.63, 3.8) is 0 Å². The molecule has 0 radical (unpaired) electrons. The Morgan fingerprint density at radius 2 is 0.842 bits per heavy atom. The van der Waals surface area contributed by atoms with Crippen LogP contribution in [-0.4, -0.2) is 283 Å². The summed E-state index contributed by atoms with van der Waals surface area (Å²) < 4.78 is 43.2. The lowest BCUT2D eigenvalue weighted by Gasteiger charge is -2.25. The average Bonchev–Trinajstić information content (AvgIpc) is 3.71. The van der Waals surface area contributed by atoms with Gasteiger partial charge in [0.05, 0.1) is 145 Å². The Labute approximate surface area is 437 Å². The maximum atomic E-state index is 12.6. The molecule has 1 aliphatic heterocycles. The van der Waals surface area contributed by atoms with Gasteiger partial charge in [-0.15, -0.1) is 0 Å². The van der Waals surface area contributed by atoms with Crippen molar-refractivity contribution in [1.29, 1.82) is 0 Å². The fourth-order valence-electron chi connectivity index (χ4n) is 5.64. The summed E-state index contributed by atoms with van der Waals surface area (Å²) >= 11 is 0. The first-order valence-corrected chi connectivity index (χ1v) is 24.1. The zero-order valence-electron chi connectivity index (χ0n) is 42.1. The minimum Gasteiger partial charge on any atom is -0.481 e. The van der Waals surface area contributed by atoms with E-state index in [1.54, 1.807) is 0 Å². The van der Waals surface area contributed by atoms with Crippen molar-refractivity contribution in [2.24, 2.45) is 0 Å². The molecule has 0 aliphatic carbocycles. The molecule has 0 saturated heterocycles. The highest BCUT2D eigenvalue weighted by Gasteiger charge is 2.31. The number of hydrogen-bond acceptors (Lipinski definition) is 23. The molecule has 0 aromatic heterocycles. The van der Waals surface area contributed by atoms with Gasteiger partial charge in [-0.05, 0) is 6.42 Å². The summed E-state index contributed by atoms with van der Waals surface area (Å²) in [5.41, 5.74) is 0. The molecule has 5 unspecified atom stereocenters. The summed E-state index contributed by atoms with van der Waals surface area (Å²) in [6.45, 7) is 0.931. The predicted octanol–water partition coefficient (Wildman–Crippen LogP) is -9.08. The number of rotatable bonds is 48. The van der Waals surface area contributed by atoms with E-state index in [9.17, 15) is 68.4 Å². The van der Waals surface area contributed by atoms with Gasteiger partial charge in [0.15, 0.2) is 0 Å². The van der Waals surface area contributed by atoms with Crippen LogP contribution in [0.2, 0.25) is 0 Å². The number of nitrogens with zero attached hydrogens (tertiary/aromatic N) is 1. The van der Waals surface area contributed by atoms with Crippen molar-refractivity contribution in [3.8, 4) is 0 Å². The van der Waals surface area contributed by atoms with E-state index in [1.807, 2.05) is 0 Å². The fraction of sp³-hybridized carbons (Fsp3) is 0.727. The topological polar surface area (TPSA) is 453 Å². The van der Waals surface area contributed by atoms with E-state index in [4.69, 9.17) is 48.1 Å². The van der Waals surface area contributed by atoms with Crippen LogP contribution in [0.4, 0.5) is 0 Å². The highest BCUT2D eigenvalue weighted by Crippen LogP contribution is 2.06. The number of aliphatic carboxylic acids is 1. The number of nitrogens with one attached hydrogen (secondary N) is 7. The second-order valence-electron chi connectivity index (χ2n) is 15.8. The van der Waals surface area contributed by atoms with Gasteiger partial charge in [-0.3, -0.25) is 52.8 Å². The van der Waals surface area contributed by atoms with E-state index in [0.717, 1.165) is 12.2 Å². The molecule has 0 fully saturated rings. The standard InChI is InChI=1S/C44H74N8O24/c53-29-32(55)43(67)42(66)31(54)23-46-33(56)5-7-69-9-11-71-13-15-73-17-19-75-21-22-76-20-18-74-16-14-72-12-10-70-8-6-45-34(57)24-47-35(58)25-48-36(59)26-49-37(60)27-50-44(68)30(1-4-41(64)65)51-38(61)28-52-39(62)2-3-40(52)63/h2-3,30-32,42-43,53-55,66-67H,1,4-29H2,(H,45,57)(H,46,56)(H,47,58)(H,48,59)(H,49,60)(H,50,68)(H,51,61)(H,64,65). The van der Waals surface area contributed by atoms with Crippen molar-refractivity contribution in [3.05, 3.63) is 12.2 Å². The monoisotopic (exact) mass is 1100 g/mol. The van der Waals surface area contributed by atoms with Crippen molar-refractivity contribution >= 4 is 59.1 Å². The van der Waals surface area contributed by atoms with Gasteiger partial charge in [0, 0.05) is 38.1 Å². The Morgan fingerprint density at radius 1 is 0.461 bits per heavy atom. The van der Waals surface area contributed by atoms with Gasteiger partial charge in [0.1, 0.15) is 30.9 Å². The van der Waals surface area contributed by atoms with E-state index in [2.05, 4.69) is 37.2 Å². The first-order chi connectivity index (χ1) is 36.4. The molecular weight excluding hydrogens is 1020 g/mol. The Bertz CT molecular complexity index is 1780. The van der Waals surface area contributed by atoms with E-state index in [-0.39, 0.29) is 72.1 Å². The molecule has 9 amide bonds. The number of ether oxygens (including phenoxy) is 8. The van der Waals surface area contributed by atoms with Crippen LogP contribution in [0.3, 0.4) is 0 Å². The zero-order chi connectivity index (χ0) is 56.4. The maximum Gasteiger partial charge on any atom is 0.303 e. The van der Waals surface area contributed by atoms with Crippen LogP contribution < -0.4 is 37.2 Å². The summed E-state index contributed by atoms with van der Waals surface area (Å²) in [6.07, 6.45) is -5.75. The number of imide groups is 1. The third kappa shape index (κ3) is 35.4. The normalized spacial score (nSPS) is 14.0. The fourth-order valence-corrected chi connectivity index (χ4v) is 5.64. The lowest BCUT2D eigenvalue weighted by Crippen LogP contribution is -2.52. The summed E-state index contributed by atoms with van der Waals surface area (Å²) in [5, 5.41) is 72.3. The van der Waals surface area contributed by atoms with Gasteiger partial charge >= 0.3 is 5.97 Å². The van der Waals surface area contributed by atoms with E-state index in [1.165, 1.54) is 0 Å². The summed E-state index contributed by atoms with van der Waals surface area (Å²) in [5.74, 6) is -7.96. The molecule has 32 heteroatoms. The highest BCUT2D eigenvalue weighted by molar-refractivity contribution is 6.14. The molecule has 32 nitrogen and oxygen atoms in total. The van der Waals surface area contributed by atoms with Crippen LogP contribution in [0.5, 0.6) is 0 Å². The number of carbonyl (C=O) groups is 10. The first kappa shape index (κ1) is 68.1. The largest absolute Gasteiger partial charge is 0.481 e. The Hall–Kier alpha value is -5.88. The van der Waals surface area contributed by atoms with Crippen LogP contribution in [0.1, 0.15) is 19.3 Å². The number of amides is 9. The van der Waals surface area contributed by atoms with Gasteiger partial charge in [0.25, 0.3) is 11.8 Å². The summed E-state index contributed by atoms with van der Waals surface area (Å²) in [7, 11) is 0. The SMILES string of the molecule is O=C(O)CCC(NC(=O)CN1C(=O)C=CC1=O)C(=O)NCC(=O)NCC(=O)NCC(=O)NCC(=O)NCCOCCOCCOCCOCCOCCOCCOCCOCCC(=O)NCC(O)C(O)C(O)C(O)CO. The smallest absolute Gasteiger partial charge is 0.303 e. The van der Waals surface area contributed by atoms with Crippen LogP contribution in [-0.2, 0) is 85.8 Å². The molecule has 1 heterocycles. The van der Waals surface area contributed by atoms with Crippen molar-refractivity contribution in [2.75, 3.05) is 158 Å². The van der Waals surface area contributed by atoms with Gasteiger partial charge in [-0.25, -0.2) is 0 Å². The third-order valence-corrected chi connectivity index (χ3v) is 9.74. The predicted molar refractivity (Wildman–Crippen MR) is 255 cm³/mol. The minimum absolute atomic E-state index is 0.0170. The maximum absolute atomic E-state index is 12.6. The number of hydrogen-bond donors (Lipinski definition) is 13. The molecular formula is C44H74N8O24. The molecule has 5 atom stereocenters. The average molecular weight is 1100 g/mol. The Balaban J connectivity index is 1.90. The van der Waals surface area contributed by atoms with Crippen LogP contribution in [0.25, 0.3) is 0 Å². The number of aliphatic hydroxyl groups is 5. The number of carboxylic acid groups (broad SMARTS) is 1. The molecule has 434 valence electrons. The summed E-state index contributed by atoms with van der Waals surface area (Å²) in [6, 6.07) is -1.44. The summed E-state index contributed by atoms with van der Waals surface area (Å²) in [4.78, 5) is 120. The van der Waals surface area contributed by atoms with E-state index in [0.29, 0.717) is 71.0 Å². The van der Waals surface area contributed by atoms with Crippen LogP contribution in [0, 0.1) is 0 Å². The van der Waals surface area contributed by atoms with E-state index < -0.39 is 129 Å². The lowest BCUT2D eigenvalue weighted by molar-refractivity contribution is -0.141. The van der Waals surface area contributed by atoms with Gasteiger partial charge < -0.3 is 106 Å². The molecule has 0 aromatic rings. The first-order valence-electron chi connectivity index (χ1n) is 24.1. The number of carbonyl (C=O) groups excluding carboxylic acids is 9. The second kappa shape index (κ2) is 43.2. The Kier molecular flexibility index (Phi) is 38.8. The zero-order valence-corrected chi connectivity index (χ0v) is 42.1. The number of carboxylic acids is 1. The molecule has 0 aromatic carbocycles. The molecule has 13 N–H and O–H groups in total. The minimum atomic E-state index is -1.78. The van der Waals surface area contributed by atoms with Crippen molar-refractivity contribution < 1.29 is 116 Å². The molecule has 0 spiro atoms. The van der Waals surface area contributed by atoms with Gasteiger partial charge in [-0.1, -0.05) is 0 Å². The quantitative estimate of drug-likeness (QED) is 0.0199. The third-order valence-electron chi connectivity index (χ3n) is 9.74. The molecule has 76 heavy (non-hydrogen) atoms. The van der Waals surface area contributed by atoms with Crippen LogP contribution in [0.15, 0.2) is 12.2 Å².